The molecule has 2 rings (SSSR count). The molecule has 1 aromatic heterocycles. The molecule has 0 amide bonds. The Kier molecular flexibility index (Phi) is 4.10. The van der Waals surface area contributed by atoms with Crippen molar-refractivity contribution in [3.05, 3.63) is 48.3 Å². The van der Waals surface area contributed by atoms with Crippen LogP contribution in [-0.2, 0) is 0 Å². The van der Waals surface area contributed by atoms with Gasteiger partial charge in [-0.25, -0.2) is 9.97 Å². The Hall–Kier alpha value is -1.88. The molecule has 0 bridgehead atoms. The smallest absolute Gasteiger partial charge is 0.187 e. The first-order valence-corrected chi connectivity index (χ1v) is 6.31. The number of nitrogens with zero attached hydrogens (tertiary/aromatic N) is 3. The first-order valence-electron chi connectivity index (χ1n) is 5.08. The van der Waals surface area contributed by atoms with E-state index in [0.29, 0.717) is 0 Å². The van der Waals surface area contributed by atoms with E-state index in [9.17, 15) is 0 Å². The van der Waals surface area contributed by atoms with Gasteiger partial charge in [0.05, 0.1) is 24.3 Å². The van der Waals surface area contributed by atoms with Crippen LogP contribution in [0.4, 0.5) is 5.69 Å². The second-order valence-electron chi connectivity index (χ2n) is 3.24. The van der Waals surface area contributed by atoms with Crippen LogP contribution in [0.2, 0.25) is 0 Å². The van der Waals surface area contributed by atoms with Gasteiger partial charge in [-0.1, -0.05) is 42.1 Å². The van der Waals surface area contributed by atoms with Crippen molar-refractivity contribution in [1.82, 2.24) is 9.97 Å². The second-order valence-corrected chi connectivity index (χ2v) is 4.01. The second kappa shape index (κ2) is 6.00. The van der Waals surface area contributed by atoms with E-state index in [1.165, 1.54) is 11.8 Å². The summed E-state index contributed by atoms with van der Waals surface area (Å²) in [6, 6.07) is 9.88. The van der Waals surface area contributed by atoms with Crippen molar-refractivity contribution in [1.29, 1.82) is 0 Å². The van der Waals surface area contributed by atoms with Gasteiger partial charge in [-0.3, -0.25) is 5.43 Å². The SMILES string of the molecule is CSc1ncc(N/N=C\c2ccccc2)cn1. The topological polar surface area (TPSA) is 50.2 Å². The van der Waals surface area contributed by atoms with E-state index in [4.69, 9.17) is 0 Å². The molecule has 0 radical (unpaired) electrons. The average molecular weight is 244 g/mol. The molecular formula is C12H12N4S. The highest BCUT2D eigenvalue weighted by atomic mass is 32.2. The largest absolute Gasteiger partial charge is 0.275 e. The zero-order chi connectivity index (χ0) is 11.9. The van der Waals surface area contributed by atoms with Crippen LogP contribution in [0.15, 0.2) is 53.0 Å². The van der Waals surface area contributed by atoms with Crippen molar-refractivity contribution in [3.63, 3.8) is 0 Å². The highest BCUT2D eigenvalue weighted by molar-refractivity contribution is 7.98. The summed E-state index contributed by atoms with van der Waals surface area (Å²) in [5, 5.41) is 4.86. The molecule has 86 valence electrons. The lowest BCUT2D eigenvalue weighted by molar-refractivity contribution is 0.968. The number of nitrogens with one attached hydrogen (secondary N) is 1. The normalized spacial score (nSPS) is 10.6. The molecule has 5 heteroatoms. The molecule has 0 saturated carbocycles. The molecule has 0 fully saturated rings. The van der Waals surface area contributed by atoms with Gasteiger partial charge in [-0.15, -0.1) is 0 Å². The molecule has 0 saturated heterocycles. The van der Waals surface area contributed by atoms with Crippen LogP contribution in [0, 0.1) is 0 Å². The highest BCUT2D eigenvalue weighted by Gasteiger charge is 1.93. The Labute approximate surface area is 104 Å². The fourth-order valence-corrected chi connectivity index (χ4v) is 1.52. The van der Waals surface area contributed by atoms with E-state index in [-0.39, 0.29) is 0 Å². The number of thioether (sulfide) groups is 1. The van der Waals surface area contributed by atoms with Crippen molar-refractivity contribution in [3.8, 4) is 0 Å². The zero-order valence-corrected chi connectivity index (χ0v) is 10.2. The molecule has 0 aliphatic rings. The number of rotatable bonds is 4. The number of benzene rings is 1. The Morgan fingerprint density at radius 3 is 2.53 bits per heavy atom. The Morgan fingerprint density at radius 1 is 1.18 bits per heavy atom. The fourth-order valence-electron chi connectivity index (χ4n) is 1.20. The van der Waals surface area contributed by atoms with Crippen LogP contribution in [-0.4, -0.2) is 22.4 Å². The summed E-state index contributed by atoms with van der Waals surface area (Å²) < 4.78 is 0. The van der Waals surface area contributed by atoms with Gasteiger partial charge in [0, 0.05) is 0 Å². The van der Waals surface area contributed by atoms with Crippen LogP contribution >= 0.6 is 11.8 Å². The van der Waals surface area contributed by atoms with Crippen molar-refractivity contribution in [2.24, 2.45) is 5.10 Å². The maximum Gasteiger partial charge on any atom is 0.187 e. The van der Waals surface area contributed by atoms with Gasteiger partial charge < -0.3 is 0 Å². The third-order valence-corrected chi connectivity index (χ3v) is 2.59. The minimum atomic E-state index is 0.752. The van der Waals surface area contributed by atoms with E-state index in [0.717, 1.165) is 16.4 Å². The van der Waals surface area contributed by atoms with E-state index in [1.54, 1.807) is 18.6 Å². The van der Waals surface area contributed by atoms with Crippen molar-refractivity contribution < 1.29 is 0 Å². The summed E-state index contributed by atoms with van der Waals surface area (Å²) in [5.41, 5.74) is 4.70. The Balaban J connectivity index is 1.95. The van der Waals surface area contributed by atoms with Crippen LogP contribution in [0.3, 0.4) is 0 Å². The minimum Gasteiger partial charge on any atom is -0.275 e. The van der Waals surface area contributed by atoms with Gasteiger partial charge in [-0.2, -0.15) is 5.10 Å². The third-order valence-electron chi connectivity index (χ3n) is 2.02. The molecule has 1 N–H and O–H groups in total. The number of hydrogen-bond acceptors (Lipinski definition) is 5. The summed E-state index contributed by atoms with van der Waals surface area (Å²) in [4.78, 5) is 8.28. The number of hydrogen-bond donors (Lipinski definition) is 1. The van der Waals surface area contributed by atoms with E-state index in [1.807, 2.05) is 36.6 Å². The molecule has 1 aromatic carbocycles. The van der Waals surface area contributed by atoms with Gasteiger partial charge in [0.15, 0.2) is 5.16 Å². The summed E-state index contributed by atoms with van der Waals surface area (Å²) in [6.07, 6.45) is 7.11. The molecule has 0 unspecified atom stereocenters. The maximum atomic E-state index is 4.14. The standard InChI is InChI=1S/C12H12N4S/c1-17-12-13-8-11(9-14-12)16-15-7-10-5-3-2-4-6-10/h2-9,16H,1H3/b15-7-. The van der Waals surface area contributed by atoms with Crippen molar-refractivity contribution in [2.75, 3.05) is 11.7 Å². The quantitative estimate of drug-likeness (QED) is 0.389. The molecule has 4 nitrogen and oxygen atoms in total. The number of hydrazone groups is 1. The van der Waals surface area contributed by atoms with Crippen molar-refractivity contribution >= 4 is 23.7 Å². The molecule has 0 aliphatic carbocycles. The lowest BCUT2D eigenvalue weighted by atomic mass is 10.2. The van der Waals surface area contributed by atoms with E-state index in [2.05, 4.69) is 20.5 Å². The number of aromatic nitrogens is 2. The average Bonchev–Trinajstić information content (AvgIpc) is 2.41. The predicted molar refractivity (Wildman–Crippen MR) is 71.5 cm³/mol. The lowest BCUT2D eigenvalue weighted by Crippen LogP contribution is -1.93. The van der Waals surface area contributed by atoms with Gasteiger partial charge >= 0.3 is 0 Å². The van der Waals surface area contributed by atoms with E-state index >= 15 is 0 Å². The fraction of sp³-hybridized carbons (Fsp3) is 0.0833. The van der Waals surface area contributed by atoms with Crippen LogP contribution in [0.1, 0.15) is 5.56 Å². The monoisotopic (exact) mass is 244 g/mol. The lowest BCUT2D eigenvalue weighted by Gasteiger charge is -1.99. The maximum absolute atomic E-state index is 4.14. The molecule has 0 aliphatic heterocycles. The van der Waals surface area contributed by atoms with Crippen LogP contribution in [0.5, 0.6) is 0 Å². The Morgan fingerprint density at radius 2 is 1.88 bits per heavy atom. The zero-order valence-electron chi connectivity index (χ0n) is 9.37. The predicted octanol–water partition coefficient (Wildman–Crippen LogP) is 2.64. The molecule has 1 heterocycles. The molecular weight excluding hydrogens is 232 g/mol. The van der Waals surface area contributed by atoms with Crippen LogP contribution in [0.25, 0.3) is 0 Å². The summed E-state index contributed by atoms with van der Waals surface area (Å²) in [5.74, 6) is 0. The van der Waals surface area contributed by atoms with E-state index < -0.39 is 0 Å². The van der Waals surface area contributed by atoms with Gasteiger partial charge in [0.1, 0.15) is 0 Å². The molecule has 2 aromatic rings. The van der Waals surface area contributed by atoms with Crippen LogP contribution < -0.4 is 5.43 Å². The number of anilines is 1. The summed E-state index contributed by atoms with van der Waals surface area (Å²) in [7, 11) is 0. The first kappa shape index (κ1) is 11.6. The minimum absolute atomic E-state index is 0.752. The van der Waals surface area contributed by atoms with Gasteiger partial charge in [-0.05, 0) is 11.8 Å². The van der Waals surface area contributed by atoms with Crippen molar-refractivity contribution in [2.45, 2.75) is 5.16 Å². The molecule has 0 spiro atoms. The van der Waals surface area contributed by atoms with Gasteiger partial charge in [0.25, 0.3) is 0 Å². The first-order chi connectivity index (χ1) is 8.38. The highest BCUT2D eigenvalue weighted by Crippen LogP contribution is 2.09. The molecule has 17 heavy (non-hydrogen) atoms. The molecule has 0 atom stereocenters. The Bertz CT molecular complexity index is 482. The summed E-state index contributed by atoms with van der Waals surface area (Å²) in [6.45, 7) is 0. The van der Waals surface area contributed by atoms with Gasteiger partial charge in [0.2, 0.25) is 0 Å². The summed E-state index contributed by atoms with van der Waals surface area (Å²) >= 11 is 1.51. The third kappa shape index (κ3) is 3.57.